The van der Waals surface area contributed by atoms with Crippen molar-refractivity contribution < 1.29 is 14.3 Å². The molecule has 0 unspecified atom stereocenters. The van der Waals surface area contributed by atoms with Gasteiger partial charge in [-0.2, -0.15) is 9.78 Å². The van der Waals surface area contributed by atoms with Gasteiger partial charge in [-0.3, -0.25) is 4.79 Å². The lowest BCUT2D eigenvalue weighted by Gasteiger charge is -2.12. The maximum Gasteiger partial charge on any atom is 0.346 e. The first-order chi connectivity index (χ1) is 14.4. The molecule has 1 atom stereocenters. The molecule has 2 aromatic carbocycles. The monoisotopic (exact) mass is 471 g/mol. The van der Waals surface area contributed by atoms with E-state index in [0.29, 0.717) is 28.9 Å². The third-order valence-corrected chi connectivity index (χ3v) is 4.89. The lowest BCUT2D eigenvalue weighted by Crippen LogP contribution is -2.24. The fourth-order valence-electron chi connectivity index (χ4n) is 2.87. The van der Waals surface area contributed by atoms with E-state index in [1.165, 1.54) is 11.8 Å². The number of aryl methyl sites for hydroxylation is 1. The molecule has 3 aromatic rings. The van der Waals surface area contributed by atoms with Crippen molar-refractivity contribution >= 4 is 39.0 Å². The first kappa shape index (κ1) is 21.7. The summed E-state index contributed by atoms with van der Waals surface area (Å²) in [7, 11) is 1.32. The number of aromatic nitrogens is 2. The number of rotatable bonds is 7. The summed E-state index contributed by atoms with van der Waals surface area (Å²) in [6.07, 6.45) is 2.37. The van der Waals surface area contributed by atoms with Crippen molar-refractivity contribution in [3.8, 4) is 5.75 Å². The van der Waals surface area contributed by atoms with Crippen molar-refractivity contribution in [3.05, 3.63) is 68.7 Å². The van der Waals surface area contributed by atoms with E-state index in [-0.39, 0.29) is 5.56 Å². The van der Waals surface area contributed by atoms with Crippen LogP contribution in [0.3, 0.4) is 0 Å². The van der Waals surface area contributed by atoms with E-state index in [9.17, 15) is 9.59 Å². The van der Waals surface area contributed by atoms with E-state index in [4.69, 9.17) is 4.74 Å². The first-order valence-corrected chi connectivity index (χ1v) is 10.3. The Labute approximate surface area is 182 Å². The molecule has 0 saturated heterocycles. The first-order valence-electron chi connectivity index (χ1n) is 9.53. The van der Waals surface area contributed by atoms with Crippen LogP contribution in [0.25, 0.3) is 10.9 Å². The summed E-state index contributed by atoms with van der Waals surface area (Å²) in [6.45, 7) is 3.65. The number of halogens is 1. The standard InChI is InChI=1S/C22H22BrN3O4/c1-4-5-20-25-19-11-8-16(23)12-18(19)21(27)26(20)24-13-15-6-9-17(10-7-15)30-14(2)22(28)29-3/h6-14H,4-5H2,1-3H3/t14-/m0/s1. The molecule has 0 aliphatic rings. The SMILES string of the molecule is CCCc1nc2ccc(Br)cc2c(=O)n1N=Cc1ccc(O[C@@H](C)C(=O)OC)cc1. The lowest BCUT2D eigenvalue weighted by molar-refractivity contribution is -0.147. The Bertz CT molecular complexity index is 1140. The van der Waals surface area contributed by atoms with E-state index < -0.39 is 12.1 Å². The molecule has 8 heteroatoms. The fourth-order valence-corrected chi connectivity index (χ4v) is 3.24. The van der Waals surface area contributed by atoms with Gasteiger partial charge in [0.25, 0.3) is 5.56 Å². The Balaban J connectivity index is 1.89. The molecule has 3 rings (SSSR count). The van der Waals surface area contributed by atoms with Crippen LogP contribution >= 0.6 is 15.9 Å². The van der Waals surface area contributed by atoms with Gasteiger partial charge in [0.15, 0.2) is 6.10 Å². The highest BCUT2D eigenvalue weighted by Gasteiger charge is 2.14. The number of benzene rings is 2. The fraction of sp³-hybridized carbons (Fsp3) is 0.273. The number of methoxy groups -OCH3 is 1. The van der Waals surface area contributed by atoms with Gasteiger partial charge in [0.05, 0.1) is 24.2 Å². The van der Waals surface area contributed by atoms with E-state index >= 15 is 0 Å². The van der Waals surface area contributed by atoms with Gasteiger partial charge in [-0.25, -0.2) is 9.78 Å². The Morgan fingerprint density at radius 2 is 2.00 bits per heavy atom. The number of esters is 1. The van der Waals surface area contributed by atoms with Gasteiger partial charge in [-0.05, 0) is 61.4 Å². The van der Waals surface area contributed by atoms with E-state index in [1.54, 1.807) is 43.5 Å². The number of ether oxygens (including phenoxy) is 2. The number of hydrogen-bond donors (Lipinski definition) is 0. The molecule has 0 amide bonds. The second-order valence-corrected chi connectivity index (χ2v) is 7.57. The maximum atomic E-state index is 13.0. The van der Waals surface area contributed by atoms with E-state index in [0.717, 1.165) is 16.5 Å². The van der Waals surface area contributed by atoms with Crippen LogP contribution in [0.2, 0.25) is 0 Å². The highest BCUT2D eigenvalue weighted by atomic mass is 79.9. The second-order valence-electron chi connectivity index (χ2n) is 6.65. The minimum Gasteiger partial charge on any atom is -0.479 e. The number of fused-ring (bicyclic) bond motifs is 1. The summed E-state index contributed by atoms with van der Waals surface area (Å²) < 4.78 is 12.3. The van der Waals surface area contributed by atoms with Crippen molar-refractivity contribution in [3.63, 3.8) is 0 Å². The third-order valence-electron chi connectivity index (χ3n) is 4.40. The molecule has 0 bridgehead atoms. The number of hydrogen-bond acceptors (Lipinski definition) is 6. The van der Waals surface area contributed by atoms with Gasteiger partial charge in [-0.1, -0.05) is 22.9 Å². The molecule has 7 nitrogen and oxygen atoms in total. The normalized spacial score (nSPS) is 12.3. The van der Waals surface area contributed by atoms with Crippen LogP contribution in [0.1, 0.15) is 31.7 Å². The highest BCUT2D eigenvalue weighted by molar-refractivity contribution is 9.10. The molecule has 0 aliphatic carbocycles. The summed E-state index contributed by atoms with van der Waals surface area (Å²) >= 11 is 3.40. The van der Waals surface area contributed by atoms with E-state index in [1.807, 2.05) is 19.1 Å². The highest BCUT2D eigenvalue weighted by Crippen LogP contribution is 2.17. The summed E-state index contributed by atoms with van der Waals surface area (Å²) in [4.78, 5) is 29.1. The summed E-state index contributed by atoms with van der Waals surface area (Å²) in [5.41, 5.74) is 1.21. The maximum absolute atomic E-state index is 13.0. The predicted octanol–water partition coefficient (Wildman–Crippen LogP) is 3.93. The largest absolute Gasteiger partial charge is 0.479 e. The zero-order chi connectivity index (χ0) is 21.7. The Hall–Kier alpha value is -3.00. The molecule has 0 saturated carbocycles. The van der Waals surface area contributed by atoms with Gasteiger partial charge in [-0.15, -0.1) is 0 Å². The van der Waals surface area contributed by atoms with Crippen LogP contribution in [0.4, 0.5) is 0 Å². The molecule has 0 N–H and O–H groups in total. The molecule has 0 fully saturated rings. The topological polar surface area (TPSA) is 82.8 Å². The number of nitrogens with zero attached hydrogens (tertiary/aromatic N) is 3. The molecule has 1 heterocycles. The van der Waals surface area contributed by atoms with Crippen LogP contribution in [0, 0.1) is 0 Å². The van der Waals surface area contributed by atoms with Gasteiger partial charge >= 0.3 is 5.97 Å². The van der Waals surface area contributed by atoms with E-state index in [2.05, 4.69) is 30.8 Å². The van der Waals surface area contributed by atoms with Gasteiger partial charge < -0.3 is 9.47 Å². The van der Waals surface area contributed by atoms with Crippen molar-refractivity contribution in [1.29, 1.82) is 0 Å². The molecule has 156 valence electrons. The quantitative estimate of drug-likeness (QED) is 0.385. The minimum atomic E-state index is -0.701. The Morgan fingerprint density at radius 3 is 2.67 bits per heavy atom. The van der Waals surface area contributed by atoms with Crippen LogP contribution in [0.15, 0.2) is 56.8 Å². The van der Waals surface area contributed by atoms with Crippen LogP contribution in [0.5, 0.6) is 5.75 Å². The average Bonchev–Trinajstić information content (AvgIpc) is 2.74. The molecule has 0 spiro atoms. The predicted molar refractivity (Wildman–Crippen MR) is 119 cm³/mol. The summed E-state index contributed by atoms with van der Waals surface area (Å²) in [5, 5.41) is 4.89. The lowest BCUT2D eigenvalue weighted by atomic mass is 10.2. The molecule has 1 aromatic heterocycles. The average molecular weight is 472 g/mol. The van der Waals surface area contributed by atoms with Crippen molar-refractivity contribution in [2.45, 2.75) is 32.8 Å². The molecular formula is C22H22BrN3O4. The molecular weight excluding hydrogens is 450 g/mol. The Morgan fingerprint density at radius 1 is 1.27 bits per heavy atom. The third kappa shape index (κ3) is 4.94. The molecule has 30 heavy (non-hydrogen) atoms. The van der Waals surface area contributed by atoms with Crippen LogP contribution in [-0.2, 0) is 16.0 Å². The van der Waals surface area contributed by atoms with Gasteiger partial charge in [0, 0.05) is 10.9 Å². The van der Waals surface area contributed by atoms with Crippen molar-refractivity contribution in [2.75, 3.05) is 7.11 Å². The van der Waals surface area contributed by atoms with Crippen molar-refractivity contribution in [2.24, 2.45) is 5.10 Å². The van der Waals surface area contributed by atoms with Gasteiger partial charge in [0.1, 0.15) is 11.6 Å². The zero-order valence-corrected chi connectivity index (χ0v) is 18.5. The Kier molecular flexibility index (Phi) is 6.99. The second kappa shape index (κ2) is 9.67. The minimum absolute atomic E-state index is 0.215. The summed E-state index contributed by atoms with van der Waals surface area (Å²) in [6, 6.07) is 12.5. The number of carbonyl (C=O) groups excluding carboxylic acids is 1. The number of carbonyl (C=O) groups is 1. The van der Waals surface area contributed by atoms with Gasteiger partial charge in [0.2, 0.25) is 0 Å². The van der Waals surface area contributed by atoms with Crippen LogP contribution < -0.4 is 10.3 Å². The zero-order valence-electron chi connectivity index (χ0n) is 17.0. The van der Waals surface area contributed by atoms with Crippen LogP contribution in [-0.4, -0.2) is 35.1 Å². The smallest absolute Gasteiger partial charge is 0.346 e. The summed E-state index contributed by atoms with van der Waals surface area (Å²) in [5.74, 6) is 0.699. The molecule has 0 aliphatic heterocycles. The van der Waals surface area contributed by atoms with Crippen molar-refractivity contribution in [1.82, 2.24) is 9.66 Å². The molecule has 0 radical (unpaired) electrons.